The first-order chi connectivity index (χ1) is 13.3. The van der Waals surface area contributed by atoms with E-state index in [-0.39, 0.29) is 11.9 Å². The van der Waals surface area contributed by atoms with E-state index < -0.39 is 0 Å². The fourth-order valence-corrected chi connectivity index (χ4v) is 4.91. The van der Waals surface area contributed by atoms with Gasteiger partial charge in [-0.25, -0.2) is 0 Å². The highest BCUT2D eigenvalue weighted by molar-refractivity contribution is 5.92. The van der Waals surface area contributed by atoms with E-state index in [1.54, 1.807) is 6.20 Å². The number of benzene rings is 1. The first-order valence-corrected chi connectivity index (χ1v) is 9.88. The summed E-state index contributed by atoms with van der Waals surface area (Å²) < 4.78 is 5.97. The highest BCUT2D eigenvalue weighted by Crippen LogP contribution is 2.30. The number of hydrogen-bond donors (Lipinski definition) is 0. The summed E-state index contributed by atoms with van der Waals surface area (Å²) in [5.74, 6) is 0.401. The fourth-order valence-electron chi connectivity index (χ4n) is 4.91. The first kappa shape index (κ1) is 16.9. The number of carbonyl (C=O) groups is 1. The Kier molecular flexibility index (Phi) is 4.42. The van der Waals surface area contributed by atoms with Crippen molar-refractivity contribution in [2.45, 2.75) is 24.9 Å². The van der Waals surface area contributed by atoms with Crippen molar-refractivity contribution in [3.05, 3.63) is 65.5 Å². The van der Waals surface area contributed by atoms with E-state index in [0.29, 0.717) is 24.3 Å². The molecule has 3 aliphatic rings. The average Bonchev–Trinajstić information content (AvgIpc) is 2.91. The molecular weight excluding hydrogens is 338 g/mol. The molecule has 0 N–H and O–H groups in total. The molecule has 1 amide bonds. The third-order valence-electron chi connectivity index (χ3n) is 6.18. The number of ether oxygens (including phenoxy) is 1. The van der Waals surface area contributed by atoms with Crippen molar-refractivity contribution in [1.82, 2.24) is 14.8 Å². The van der Waals surface area contributed by atoms with Crippen LogP contribution in [0.2, 0.25) is 0 Å². The minimum absolute atomic E-state index is 0.0454. The van der Waals surface area contributed by atoms with E-state index >= 15 is 0 Å². The summed E-state index contributed by atoms with van der Waals surface area (Å²) in [6.45, 7) is 3.92. The topological polar surface area (TPSA) is 45.7 Å². The van der Waals surface area contributed by atoms with Crippen molar-refractivity contribution in [3.8, 4) is 0 Å². The van der Waals surface area contributed by atoms with Crippen LogP contribution in [0.15, 0.2) is 48.7 Å². The molecular formula is C22H25N3O2. The van der Waals surface area contributed by atoms with Crippen LogP contribution in [0.5, 0.6) is 0 Å². The number of aromatic nitrogens is 1. The second-order valence-corrected chi connectivity index (χ2v) is 8.01. The SMILES string of the molecule is O=C(c1ccccn1)N1C[C@@H]2COC[C@H](C1)N(C1Cc3ccccc3C1)C2. The number of carbonyl (C=O) groups excluding carboxylic acids is 1. The molecule has 1 aliphatic carbocycles. The summed E-state index contributed by atoms with van der Waals surface area (Å²) in [4.78, 5) is 21.9. The van der Waals surface area contributed by atoms with Crippen LogP contribution in [-0.4, -0.2) is 65.6 Å². The lowest BCUT2D eigenvalue weighted by molar-refractivity contribution is 0.0362. The molecule has 1 aromatic carbocycles. The van der Waals surface area contributed by atoms with Crippen molar-refractivity contribution in [1.29, 1.82) is 0 Å². The van der Waals surface area contributed by atoms with Crippen molar-refractivity contribution in [3.63, 3.8) is 0 Å². The number of nitrogens with zero attached hydrogens (tertiary/aromatic N) is 3. The van der Waals surface area contributed by atoms with Crippen LogP contribution in [-0.2, 0) is 17.6 Å². The standard InChI is InChI=1S/C22H25N3O2/c26-22(21-7-3-4-8-23-21)24-11-16-12-25(20(13-24)15-27-14-16)19-9-17-5-1-2-6-18(17)10-19/h1-8,16,19-20H,9-15H2/t16-,20-/m0/s1. The number of fused-ring (bicyclic) bond motifs is 4. The zero-order chi connectivity index (χ0) is 18.2. The predicted molar refractivity (Wildman–Crippen MR) is 103 cm³/mol. The summed E-state index contributed by atoms with van der Waals surface area (Å²) in [6.07, 6.45) is 3.90. The third-order valence-corrected chi connectivity index (χ3v) is 6.18. The molecule has 5 heteroatoms. The second-order valence-electron chi connectivity index (χ2n) is 8.01. The van der Waals surface area contributed by atoms with Crippen LogP contribution in [0, 0.1) is 5.92 Å². The highest BCUT2D eigenvalue weighted by Gasteiger charge is 2.40. The summed E-state index contributed by atoms with van der Waals surface area (Å²) in [5, 5.41) is 0. The monoisotopic (exact) mass is 363 g/mol. The highest BCUT2D eigenvalue weighted by atomic mass is 16.5. The predicted octanol–water partition coefficient (Wildman–Crippen LogP) is 2.02. The maximum absolute atomic E-state index is 13.0. The molecule has 2 aliphatic heterocycles. The molecule has 2 bridgehead atoms. The number of hydrogen-bond acceptors (Lipinski definition) is 4. The van der Waals surface area contributed by atoms with Crippen molar-refractivity contribution in [2.75, 3.05) is 32.8 Å². The lowest BCUT2D eigenvalue weighted by Gasteiger charge is -2.35. The number of amides is 1. The van der Waals surface area contributed by atoms with Gasteiger partial charge in [0.05, 0.1) is 19.3 Å². The molecule has 0 unspecified atom stereocenters. The second kappa shape index (κ2) is 7.06. The van der Waals surface area contributed by atoms with Gasteiger partial charge in [-0.15, -0.1) is 0 Å². The molecule has 0 spiro atoms. The van der Waals surface area contributed by atoms with Gasteiger partial charge < -0.3 is 9.64 Å². The van der Waals surface area contributed by atoms with Gasteiger partial charge in [0.25, 0.3) is 5.91 Å². The Balaban J connectivity index is 1.37. The van der Waals surface area contributed by atoms with Crippen LogP contribution in [0.3, 0.4) is 0 Å². The van der Waals surface area contributed by atoms with E-state index in [1.165, 1.54) is 11.1 Å². The molecule has 0 saturated carbocycles. The minimum Gasteiger partial charge on any atom is -0.379 e. The number of rotatable bonds is 2. The fraction of sp³-hybridized carbons (Fsp3) is 0.455. The summed E-state index contributed by atoms with van der Waals surface area (Å²) >= 11 is 0. The molecule has 5 rings (SSSR count). The average molecular weight is 363 g/mol. The normalized spacial score (nSPS) is 25.9. The van der Waals surface area contributed by atoms with Crippen molar-refractivity contribution in [2.24, 2.45) is 5.92 Å². The summed E-state index contributed by atoms with van der Waals surface area (Å²) in [5.41, 5.74) is 3.49. The zero-order valence-electron chi connectivity index (χ0n) is 15.5. The lowest BCUT2D eigenvalue weighted by Crippen LogP contribution is -2.49. The van der Waals surface area contributed by atoms with E-state index in [0.717, 1.165) is 39.1 Å². The van der Waals surface area contributed by atoms with Gasteiger partial charge in [-0.05, 0) is 36.1 Å². The molecule has 3 heterocycles. The molecule has 2 aromatic rings. The molecule has 27 heavy (non-hydrogen) atoms. The van der Waals surface area contributed by atoms with Crippen molar-refractivity contribution >= 4 is 5.91 Å². The van der Waals surface area contributed by atoms with E-state index in [2.05, 4.69) is 34.1 Å². The van der Waals surface area contributed by atoms with Crippen LogP contribution in [0.25, 0.3) is 0 Å². The summed E-state index contributed by atoms with van der Waals surface area (Å²) in [6, 6.07) is 15.1. The van der Waals surface area contributed by atoms with Gasteiger partial charge >= 0.3 is 0 Å². The lowest BCUT2D eigenvalue weighted by atomic mass is 10.1. The van der Waals surface area contributed by atoms with Crippen LogP contribution >= 0.6 is 0 Å². The summed E-state index contributed by atoms with van der Waals surface area (Å²) in [7, 11) is 0. The Labute approximate surface area is 159 Å². The van der Waals surface area contributed by atoms with Crippen molar-refractivity contribution < 1.29 is 9.53 Å². The molecule has 0 radical (unpaired) electrons. The third kappa shape index (κ3) is 3.26. The Morgan fingerprint density at radius 3 is 2.44 bits per heavy atom. The minimum atomic E-state index is 0.0454. The smallest absolute Gasteiger partial charge is 0.272 e. The maximum atomic E-state index is 13.0. The molecule has 1 aromatic heterocycles. The Morgan fingerprint density at radius 1 is 0.926 bits per heavy atom. The van der Waals surface area contributed by atoms with E-state index in [4.69, 9.17) is 4.74 Å². The Morgan fingerprint density at radius 2 is 1.70 bits per heavy atom. The van der Waals surface area contributed by atoms with Crippen LogP contribution in [0.4, 0.5) is 0 Å². The molecule has 5 nitrogen and oxygen atoms in total. The molecule has 2 fully saturated rings. The van der Waals surface area contributed by atoms with Gasteiger partial charge in [-0.2, -0.15) is 0 Å². The van der Waals surface area contributed by atoms with Gasteiger partial charge in [0, 0.05) is 37.8 Å². The van der Waals surface area contributed by atoms with Gasteiger partial charge in [0.2, 0.25) is 0 Å². The van der Waals surface area contributed by atoms with E-state index in [9.17, 15) is 4.79 Å². The molecule has 2 atom stereocenters. The maximum Gasteiger partial charge on any atom is 0.272 e. The van der Waals surface area contributed by atoms with E-state index in [1.807, 2.05) is 23.1 Å². The van der Waals surface area contributed by atoms with Crippen LogP contribution < -0.4 is 0 Å². The zero-order valence-corrected chi connectivity index (χ0v) is 15.5. The quantitative estimate of drug-likeness (QED) is 0.819. The number of pyridine rings is 1. The first-order valence-electron chi connectivity index (χ1n) is 9.88. The van der Waals surface area contributed by atoms with Crippen LogP contribution in [0.1, 0.15) is 21.6 Å². The Hall–Kier alpha value is -2.24. The largest absolute Gasteiger partial charge is 0.379 e. The molecule has 140 valence electrons. The molecule has 2 saturated heterocycles. The Bertz CT molecular complexity index is 800. The van der Waals surface area contributed by atoms with Gasteiger partial charge in [0.1, 0.15) is 5.69 Å². The van der Waals surface area contributed by atoms with Gasteiger partial charge in [-0.3, -0.25) is 14.7 Å². The van der Waals surface area contributed by atoms with Gasteiger partial charge in [0.15, 0.2) is 0 Å². The van der Waals surface area contributed by atoms with Gasteiger partial charge in [-0.1, -0.05) is 30.3 Å².